The second kappa shape index (κ2) is 7.94. The first-order valence-corrected chi connectivity index (χ1v) is 4.61. The lowest BCUT2D eigenvalue weighted by atomic mass is 10.3. The smallest absolute Gasteiger partial charge is 0.226 e. The molecule has 0 aromatic heterocycles. The molecule has 0 unspecified atom stereocenters. The molecule has 1 amide bonds. The number of amides is 1. The molecule has 0 aliphatic heterocycles. The number of methoxy groups -OCH3 is 1. The first-order valence-electron chi connectivity index (χ1n) is 4.20. The van der Waals surface area contributed by atoms with E-state index in [4.69, 9.17) is 10.5 Å². The van der Waals surface area contributed by atoms with E-state index in [0.29, 0.717) is 6.54 Å². The van der Waals surface area contributed by atoms with E-state index in [9.17, 15) is 4.79 Å². The van der Waals surface area contributed by atoms with Gasteiger partial charge in [-0.15, -0.1) is 0 Å². The molecule has 0 spiro atoms. The van der Waals surface area contributed by atoms with Crippen molar-refractivity contribution in [1.82, 2.24) is 5.32 Å². The highest BCUT2D eigenvalue weighted by Gasteiger charge is 2.00. The van der Waals surface area contributed by atoms with Crippen molar-refractivity contribution in [3.8, 4) is 0 Å². The Balaban J connectivity index is 3.22. The number of rotatable bonds is 7. The molecular formula is C8H16N2O2S. The van der Waals surface area contributed by atoms with Crippen LogP contribution in [0.3, 0.4) is 0 Å². The molecule has 0 radical (unpaired) electrons. The van der Waals surface area contributed by atoms with E-state index in [1.54, 1.807) is 7.11 Å². The maximum Gasteiger partial charge on any atom is 0.226 e. The Bertz CT molecular complexity index is 174. The zero-order valence-corrected chi connectivity index (χ0v) is 8.65. The summed E-state index contributed by atoms with van der Waals surface area (Å²) in [5, 5.41) is 2.71. The minimum Gasteiger partial charge on any atom is -0.393 e. The number of ether oxygens (including phenoxy) is 1. The molecule has 5 heteroatoms. The molecule has 0 aliphatic carbocycles. The van der Waals surface area contributed by atoms with Crippen molar-refractivity contribution in [1.29, 1.82) is 0 Å². The number of carbonyl (C=O) groups excluding carboxylic acids is 1. The SMILES string of the molecule is COCCCCNC(=O)CC(N)=S. The Labute approximate surface area is 83.8 Å². The second-order valence-corrected chi connectivity index (χ2v) is 3.22. The Hall–Kier alpha value is -0.680. The van der Waals surface area contributed by atoms with Crippen LogP contribution in [-0.2, 0) is 9.53 Å². The highest BCUT2D eigenvalue weighted by atomic mass is 32.1. The van der Waals surface area contributed by atoms with Gasteiger partial charge in [0.2, 0.25) is 5.91 Å². The lowest BCUT2D eigenvalue weighted by Gasteiger charge is -2.03. The summed E-state index contributed by atoms with van der Waals surface area (Å²) in [5.74, 6) is -0.107. The summed E-state index contributed by atoms with van der Waals surface area (Å²) in [6.45, 7) is 1.38. The molecule has 0 fully saturated rings. The maximum atomic E-state index is 11.0. The molecule has 3 N–H and O–H groups in total. The van der Waals surface area contributed by atoms with Gasteiger partial charge in [-0.2, -0.15) is 0 Å². The normalized spacial score (nSPS) is 9.62. The van der Waals surface area contributed by atoms with Crippen molar-refractivity contribution >= 4 is 23.1 Å². The van der Waals surface area contributed by atoms with Crippen LogP contribution in [0.1, 0.15) is 19.3 Å². The highest BCUT2D eigenvalue weighted by molar-refractivity contribution is 7.80. The number of thiocarbonyl (C=S) groups is 1. The molecule has 0 aliphatic rings. The van der Waals surface area contributed by atoms with Crippen LogP contribution in [0.2, 0.25) is 0 Å². The van der Waals surface area contributed by atoms with Crippen LogP contribution >= 0.6 is 12.2 Å². The van der Waals surface area contributed by atoms with Gasteiger partial charge in [0.1, 0.15) is 0 Å². The molecule has 76 valence electrons. The summed E-state index contributed by atoms with van der Waals surface area (Å²) in [4.78, 5) is 11.2. The summed E-state index contributed by atoms with van der Waals surface area (Å²) in [6.07, 6.45) is 2.00. The van der Waals surface area contributed by atoms with Gasteiger partial charge in [-0.25, -0.2) is 0 Å². The molecule has 0 rings (SSSR count). The van der Waals surface area contributed by atoms with E-state index in [2.05, 4.69) is 17.5 Å². The zero-order valence-electron chi connectivity index (χ0n) is 7.84. The van der Waals surface area contributed by atoms with E-state index in [1.165, 1.54) is 0 Å². The summed E-state index contributed by atoms with van der Waals surface area (Å²) in [5.41, 5.74) is 5.20. The number of nitrogens with two attached hydrogens (primary N) is 1. The minimum atomic E-state index is -0.107. The van der Waals surface area contributed by atoms with Crippen LogP contribution in [0, 0.1) is 0 Å². The lowest BCUT2D eigenvalue weighted by Crippen LogP contribution is -2.28. The Kier molecular flexibility index (Phi) is 7.53. The monoisotopic (exact) mass is 204 g/mol. The predicted octanol–water partition coefficient (Wildman–Crippen LogP) is 0.205. The first kappa shape index (κ1) is 12.3. The van der Waals surface area contributed by atoms with Gasteiger partial charge in [0, 0.05) is 20.3 Å². The molecule has 4 nitrogen and oxygen atoms in total. The van der Waals surface area contributed by atoms with Crippen LogP contribution < -0.4 is 11.1 Å². The van der Waals surface area contributed by atoms with Crippen molar-refractivity contribution in [2.75, 3.05) is 20.3 Å². The number of hydrogen-bond donors (Lipinski definition) is 2. The number of hydrogen-bond acceptors (Lipinski definition) is 3. The van der Waals surface area contributed by atoms with Crippen LogP contribution in [0.25, 0.3) is 0 Å². The molecule has 0 saturated heterocycles. The third-order valence-electron chi connectivity index (χ3n) is 1.43. The zero-order chi connectivity index (χ0) is 10.1. The fraction of sp³-hybridized carbons (Fsp3) is 0.750. The lowest BCUT2D eigenvalue weighted by molar-refractivity contribution is -0.119. The van der Waals surface area contributed by atoms with Crippen LogP contribution in [-0.4, -0.2) is 31.2 Å². The molecular weight excluding hydrogens is 188 g/mol. The van der Waals surface area contributed by atoms with Gasteiger partial charge in [0.25, 0.3) is 0 Å². The van der Waals surface area contributed by atoms with Crippen molar-refractivity contribution in [3.63, 3.8) is 0 Å². The third-order valence-corrected chi connectivity index (χ3v) is 1.58. The van der Waals surface area contributed by atoms with Crippen molar-refractivity contribution < 1.29 is 9.53 Å². The van der Waals surface area contributed by atoms with Gasteiger partial charge in [0.05, 0.1) is 11.4 Å². The first-order chi connectivity index (χ1) is 6.16. The third kappa shape index (κ3) is 9.23. The summed E-state index contributed by atoms with van der Waals surface area (Å²) in [6, 6.07) is 0. The Morgan fingerprint density at radius 3 is 2.77 bits per heavy atom. The average Bonchev–Trinajstić information content (AvgIpc) is 2.02. The predicted molar refractivity (Wildman–Crippen MR) is 55.5 cm³/mol. The van der Waals surface area contributed by atoms with Gasteiger partial charge in [0.15, 0.2) is 0 Å². The van der Waals surface area contributed by atoms with E-state index in [0.717, 1.165) is 19.4 Å². The van der Waals surface area contributed by atoms with Crippen LogP contribution in [0.15, 0.2) is 0 Å². The Morgan fingerprint density at radius 1 is 1.54 bits per heavy atom. The quantitative estimate of drug-likeness (QED) is 0.459. The maximum absolute atomic E-state index is 11.0. The average molecular weight is 204 g/mol. The van der Waals surface area contributed by atoms with Gasteiger partial charge in [-0.05, 0) is 12.8 Å². The number of carbonyl (C=O) groups is 1. The van der Waals surface area contributed by atoms with Gasteiger partial charge in [-0.3, -0.25) is 4.79 Å². The summed E-state index contributed by atoms with van der Waals surface area (Å²) >= 11 is 4.59. The standard InChI is InChI=1S/C8H16N2O2S/c1-12-5-3-2-4-10-8(11)6-7(9)13/h2-6H2,1H3,(H2,9,13)(H,10,11). The van der Waals surface area contributed by atoms with Crippen molar-refractivity contribution in [2.24, 2.45) is 5.73 Å². The molecule has 0 saturated carbocycles. The highest BCUT2D eigenvalue weighted by Crippen LogP contribution is 1.87. The molecule has 0 aromatic carbocycles. The van der Waals surface area contributed by atoms with Crippen LogP contribution in [0.4, 0.5) is 0 Å². The summed E-state index contributed by atoms with van der Waals surface area (Å²) in [7, 11) is 1.66. The number of nitrogens with one attached hydrogen (secondary N) is 1. The van der Waals surface area contributed by atoms with E-state index >= 15 is 0 Å². The van der Waals surface area contributed by atoms with Crippen molar-refractivity contribution in [3.05, 3.63) is 0 Å². The van der Waals surface area contributed by atoms with E-state index in [-0.39, 0.29) is 17.3 Å². The Morgan fingerprint density at radius 2 is 2.23 bits per heavy atom. The molecule has 0 heterocycles. The fourth-order valence-corrected chi connectivity index (χ4v) is 0.951. The van der Waals surface area contributed by atoms with E-state index < -0.39 is 0 Å². The topological polar surface area (TPSA) is 64.3 Å². The summed E-state index contributed by atoms with van der Waals surface area (Å²) < 4.78 is 4.86. The van der Waals surface area contributed by atoms with Crippen molar-refractivity contribution in [2.45, 2.75) is 19.3 Å². The molecule has 0 aromatic rings. The van der Waals surface area contributed by atoms with E-state index in [1.807, 2.05) is 0 Å². The fourth-order valence-electron chi connectivity index (χ4n) is 0.820. The second-order valence-electron chi connectivity index (χ2n) is 2.69. The van der Waals surface area contributed by atoms with Gasteiger partial charge < -0.3 is 15.8 Å². The number of unbranched alkanes of at least 4 members (excludes halogenated alkanes) is 1. The molecule has 0 bridgehead atoms. The van der Waals surface area contributed by atoms with Gasteiger partial charge in [-0.1, -0.05) is 12.2 Å². The minimum absolute atomic E-state index is 0.107. The van der Waals surface area contributed by atoms with Gasteiger partial charge >= 0.3 is 0 Å². The largest absolute Gasteiger partial charge is 0.393 e. The molecule has 0 atom stereocenters. The molecule has 13 heavy (non-hydrogen) atoms. The van der Waals surface area contributed by atoms with Crippen LogP contribution in [0.5, 0.6) is 0 Å².